The van der Waals surface area contributed by atoms with Crippen molar-refractivity contribution in [2.24, 2.45) is 7.05 Å². The number of rotatable bonds is 3. The van der Waals surface area contributed by atoms with Gasteiger partial charge in [-0.2, -0.15) is 0 Å². The van der Waals surface area contributed by atoms with E-state index < -0.39 is 0 Å². The third kappa shape index (κ3) is 3.29. The van der Waals surface area contributed by atoms with Crippen LogP contribution in [0, 0.1) is 0 Å². The molecule has 1 N–H and O–H groups in total. The largest absolute Gasteiger partial charge is 0.380 e. The van der Waals surface area contributed by atoms with Gasteiger partial charge >= 0.3 is 0 Å². The first kappa shape index (κ1) is 14.4. The summed E-state index contributed by atoms with van der Waals surface area (Å²) in [5, 5.41) is 3.44. The fourth-order valence-electron chi connectivity index (χ4n) is 2.25. The van der Waals surface area contributed by atoms with E-state index in [1.54, 1.807) is 6.92 Å². The van der Waals surface area contributed by atoms with Crippen LogP contribution >= 0.6 is 0 Å². The molecule has 3 nitrogen and oxygen atoms in total. The van der Waals surface area contributed by atoms with Crippen molar-refractivity contribution < 1.29 is 4.79 Å². The number of carbonyl (C=O) groups excluding carboxylic acids is 1. The summed E-state index contributed by atoms with van der Waals surface area (Å²) in [6.07, 6.45) is 1.99. The van der Waals surface area contributed by atoms with Gasteiger partial charge in [0.25, 0.3) is 0 Å². The van der Waals surface area contributed by atoms with Crippen molar-refractivity contribution in [3.63, 3.8) is 0 Å². The Hall–Kier alpha value is -2.03. The lowest BCUT2D eigenvalue weighted by molar-refractivity contribution is 0.101. The van der Waals surface area contributed by atoms with Crippen LogP contribution in [0.3, 0.4) is 0 Å². The Balaban J connectivity index is 2.26. The first-order valence-corrected chi connectivity index (χ1v) is 6.82. The van der Waals surface area contributed by atoms with Gasteiger partial charge in [0.05, 0.1) is 5.69 Å². The number of hydrogen-bond acceptors (Lipinski definition) is 2. The number of ketones is 1. The average molecular weight is 270 g/mol. The maximum Gasteiger partial charge on any atom is 0.176 e. The molecule has 2 rings (SSSR count). The third-order valence-corrected chi connectivity index (χ3v) is 3.10. The standard InChI is InChI=1S/C17H22N2O/c1-12(20)16-10-14(11-19(16)5)13-6-8-15(9-7-13)18-17(2,3)4/h6-11,18H,1-5H3. The molecule has 0 saturated carbocycles. The number of aromatic nitrogens is 1. The molecule has 0 unspecified atom stereocenters. The maximum absolute atomic E-state index is 11.5. The normalized spacial score (nSPS) is 11.4. The summed E-state index contributed by atoms with van der Waals surface area (Å²) < 4.78 is 1.87. The van der Waals surface area contributed by atoms with Gasteiger partial charge in [-0.15, -0.1) is 0 Å². The monoisotopic (exact) mass is 270 g/mol. The minimum Gasteiger partial charge on any atom is -0.380 e. The van der Waals surface area contributed by atoms with E-state index in [-0.39, 0.29) is 11.3 Å². The van der Waals surface area contributed by atoms with Crippen molar-refractivity contribution in [2.45, 2.75) is 33.2 Å². The molecule has 20 heavy (non-hydrogen) atoms. The Morgan fingerprint density at radius 1 is 1.10 bits per heavy atom. The van der Waals surface area contributed by atoms with Crippen molar-refractivity contribution in [1.82, 2.24) is 4.57 Å². The molecule has 0 aliphatic heterocycles. The predicted octanol–water partition coefficient (Wildman–Crippen LogP) is 4.11. The average Bonchev–Trinajstić information content (AvgIpc) is 2.70. The summed E-state index contributed by atoms with van der Waals surface area (Å²) in [6, 6.07) is 10.2. The molecule has 0 aliphatic carbocycles. The number of aryl methyl sites for hydroxylation is 1. The van der Waals surface area contributed by atoms with Gasteiger partial charge in [-0.25, -0.2) is 0 Å². The number of hydrogen-bond donors (Lipinski definition) is 1. The first-order valence-electron chi connectivity index (χ1n) is 6.82. The zero-order valence-electron chi connectivity index (χ0n) is 12.8. The molecule has 0 aliphatic rings. The highest BCUT2D eigenvalue weighted by Gasteiger charge is 2.11. The van der Waals surface area contributed by atoms with E-state index in [0.717, 1.165) is 22.5 Å². The minimum atomic E-state index is 0.0516. The molecule has 0 radical (unpaired) electrons. The first-order chi connectivity index (χ1) is 9.26. The minimum absolute atomic E-state index is 0.0516. The van der Waals surface area contributed by atoms with Crippen LogP contribution in [0.15, 0.2) is 36.5 Å². The molecule has 2 aromatic rings. The number of benzene rings is 1. The smallest absolute Gasteiger partial charge is 0.176 e. The van der Waals surface area contributed by atoms with Gasteiger partial charge in [-0.3, -0.25) is 4.79 Å². The Morgan fingerprint density at radius 3 is 2.15 bits per heavy atom. The van der Waals surface area contributed by atoms with Crippen molar-refractivity contribution >= 4 is 11.5 Å². The second-order valence-electron chi connectivity index (χ2n) is 6.23. The molecule has 0 spiro atoms. The van der Waals surface area contributed by atoms with Gasteiger partial charge in [0.1, 0.15) is 0 Å². The van der Waals surface area contributed by atoms with E-state index in [0.29, 0.717) is 0 Å². The van der Waals surface area contributed by atoms with Gasteiger partial charge in [-0.05, 0) is 44.5 Å². The Bertz CT molecular complexity index is 615. The SMILES string of the molecule is CC(=O)c1cc(-c2ccc(NC(C)(C)C)cc2)cn1C. The van der Waals surface area contributed by atoms with Crippen LogP contribution in [-0.4, -0.2) is 15.9 Å². The van der Waals surface area contributed by atoms with Gasteiger partial charge in [0, 0.05) is 37.0 Å². The van der Waals surface area contributed by atoms with Crippen LogP contribution in [0.4, 0.5) is 5.69 Å². The summed E-state index contributed by atoms with van der Waals surface area (Å²) in [5.41, 5.74) is 4.07. The lowest BCUT2D eigenvalue weighted by atomic mass is 10.1. The fourth-order valence-corrected chi connectivity index (χ4v) is 2.25. The molecule has 0 amide bonds. The van der Waals surface area contributed by atoms with Gasteiger partial charge in [-0.1, -0.05) is 12.1 Å². The van der Waals surface area contributed by atoms with E-state index in [9.17, 15) is 4.79 Å². The second kappa shape index (κ2) is 5.16. The molecule has 1 aromatic carbocycles. The quantitative estimate of drug-likeness (QED) is 0.852. The molecule has 0 atom stereocenters. The van der Waals surface area contributed by atoms with E-state index in [1.165, 1.54) is 0 Å². The van der Waals surface area contributed by atoms with Gasteiger partial charge in [0.15, 0.2) is 5.78 Å². The number of nitrogens with one attached hydrogen (secondary N) is 1. The Morgan fingerprint density at radius 2 is 1.70 bits per heavy atom. The van der Waals surface area contributed by atoms with Crippen LogP contribution in [0.2, 0.25) is 0 Å². The fraction of sp³-hybridized carbons (Fsp3) is 0.353. The van der Waals surface area contributed by atoms with Crippen LogP contribution < -0.4 is 5.32 Å². The number of carbonyl (C=O) groups is 1. The summed E-state index contributed by atoms with van der Waals surface area (Å²) >= 11 is 0. The number of Topliss-reactive ketones (excluding diaryl/α,β-unsaturated/α-hetero) is 1. The highest BCUT2D eigenvalue weighted by atomic mass is 16.1. The molecule has 106 valence electrons. The maximum atomic E-state index is 11.5. The molecular formula is C17H22N2O. The third-order valence-electron chi connectivity index (χ3n) is 3.10. The van der Waals surface area contributed by atoms with Crippen molar-refractivity contribution in [3.05, 3.63) is 42.2 Å². The highest BCUT2D eigenvalue weighted by Crippen LogP contribution is 2.24. The van der Waals surface area contributed by atoms with E-state index in [1.807, 2.05) is 23.9 Å². The predicted molar refractivity (Wildman–Crippen MR) is 84.2 cm³/mol. The lowest BCUT2D eigenvalue weighted by Gasteiger charge is -2.22. The highest BCUT2D eigenvalue weighted by molar-refractivity contribution is 5.94. The zero-order valence-corrected chi connectivity index (χ0v) is 12.8. The topological polar surface area (TPSA) is 34.0 Å². The second-order valence-corrected chi connectivity index (χ2v) is 6.23. The van der Waals surface area contributed by atoms with Crippen LogP contribution in [-0.2, 0) is 7.05 Å². The zero-order chi connectivity index (χ0) is 14.9. The molecule has 1 heterocycles. The van der Waals surface area contributed by atoms with Gasteiger partial charge in [0.2, 0.25) is 0 Å². The van der Waals surface area contributed by atoms with Gasteiger partial charge < -0.3 is 9.88 Å². The Labute approximate surface area is 120 Å². The van der Waals surface area contributed by atoms with Crippen molar-refractivity contribution in [1.29, 1.82) is 0 Å². The summed E-state index contributed by atoms with van der Waals surface area (Å²) in [7, 11) is 1.90. The van der Waals surface area contributed by atoms with E-state index in [4.69, 9.17) is 0 Å². The molecule has 0 saturated heterocycles. The summed E-state index contributed by atoms with van der Waals surface area (Å²) in [5.74, 6) is 0.0877. The molecule has 0 bridgehead atoms. The van der Waals surface area contributed by atoms with Crippen LogP contribution in [0.5, 0.6) is 0 Å². The Kier molecular flexibility index (Phi) is 3.71. The van der Waals surface area contributed by atoms with E-state index >= 15 is 0 Å². The number of nitrogens with zero attached hydrogens (tertiary/aromatic N) is 1. The molecule has 0 fully saturated rings. The van der Waals surface area contributed by atoms with Crippen molar-refractivity contribution in [3.8, 4) is 11.1 Å². The number of anilines is 1. The van der Waals surface area contributed by atoms with Crippen LogP contribution in [0.1, 0.15) is 38.2 Å². The van der Waals surface area contributed by atoms with E-state index in [2.05, 4.69) is 50.4 Å². The van der Waals surface area contributed by atoms with Crippen LogP contribution in [0.25, 0.3) is 11.1 Å². The molecular weight excluding hydrogens is 248 g/mol. The summed E-state index contributed by atoms with van der Waals surface area (Å²) in [6.45, 7) is 8.00. The van der Waals surface area contributed by atoms with Crippen molar-refractivity contribution in [2.75, 3.05) is 5.32 Å². The molecule has 3 heteroatoms. The lowest BCUT2D eigenvalue weighted by Crippen LogP contribution is -2.25. The molecule has 1 aromatic heterocycles. The summed E-state index contributed by atoms with van der Waals surface area (Å²) in [4.78, 5) is 11.5.